The normalized spacial score (nSPS) is 26.9. The molecule has 1 rings (SSSR count). The van der Waals surface area contributed by atoms with Gasteiger partial charge in [-0.15, -0.1) is 0 Å². The lowest BCUT2D eigenvalue weighted by molar-refractivity contribution is 0.0236. The SMILES string of the molecule is CN[C@H]1C[C@H](C)N(C(=O)OC(C)(C)C)C1. The van der Waals surface area contributed by atoms with Gasteiger partial charge in [-0.3, -0.25) is 0 Å². The first kappa shape index (κ1) is 12.3. The summed E-state index contributed by atoms with van der Waals surface area (Å²) >= 11 is 0. The zero-order chi connectivity index (χ0) is 11.6. The molecule has 0 radical (unpaired) electrons. The van der Waals surface area contributed by atoms with E-state index in [1.54, 1.807) is 4.90 Å². The number of carbonyl (C=O) groups is 1. The number of likely N-dealkylation sites (N-methyl/N-ethyl adjacent to an activating group) is 1. The molecule has 0 saturated carbocycles. The third-order valence-electron chi connectivity index (χ3n) is 2.61. The lowest BCUT2D eigenvalue weighted by Crippen LogP contribution is -2.40. The van der Waals surface area contributed by atoms with Crippen LogP contribution in [0.15, 0.2) is 0 Å². The topological polar surface area (TPSA) is 41.6 Å². The summed E-state index contributed by atoms with van der Waals surface area (Å²) < 4.78 is 5.34. The first-order valence-corrected chi connectivity index (χ1v) is 5.50. The maximum Gasteiger partial charge on any atom is 0.410 e. The molecule has 0 aromatic carbocycles. The van der Waals surface area contributed by atoms with E-state index in [0.717, 1.165) is 13.0 Å². The van der Waals surface area contributed by atoms with Gasteiger partial charge in [0.05, 0.1) is 0 Å². The van der Waals surface area contributed by atoms with Crippen molar-refractivity contribution in [2.75, 3.05) is 13.6 Å². The second-order valence-electron chi connectivity index (χ2n) is 5.20. The summed E-state index contributed by atoms with van der Waals surface area (Å²) in [4.78, 5) is 13.6. The molecule has 0 bridgehead atoms. The van der Waals surface area contributed by atoms with Crippen LogP contribution in [0, 0.1) is 0 Å². The van der Waals surface area contributed by atoms with Crippen LogP contribution in [0.3, 0.4) is 0 Å². The van der Waals surface area contributed by atoms with Crippen LogP contribution >= 0.6 is 0 Å². The quantitative estimate of drug-likeness (QED) is 0.721. The lowest BCUT2D eigenvalue weighted by Gasteiger charge is -2.26. The van der Waals surface area contributed by atoms with Gasteiger partial charge in [0.25, 0.3) is 0 Å². The first-order chi connectivity index (χ1) is 6.83. The molecule has 1 aliphatic heterocycles. The van der Waals surface area contributed by atoms with Gasteiger partial charge in [-0.2, -0.15) is 0 Å². The third kappa shape index (κ3) is 3.38. The molecule has 0 aromatic heterocycles. The number of hydrogen-bond acceptors (Lipinski definition) is 3. The number of hydrogen-bond donors (Lipinski definition) is 1. The van der Waals surface area contributed by atoms with Crippen molar-refractivity contribution < 1.29 is 9.53 Å². The molecule has 1 fully saturated rings. The van der Waals surface area contributed by atoms with Gasteiger partial charge in [-0.25, -0.2) is 4.79 Å². The van der Waals surface area contributed by atoms with Crippen LogP contribution in [-0.4, -0.2) is 42.3 Å². The van der Waals surface area contributed by atoms with Gasteiger partial charge in [0.1, 0.15) is 5.60 Å². The van der Waals surface area contributed by atoms with E-state index < -0.39 is 5.60 Å². The molecule has 4 nitrogen and oxygen atoms in total. The molecular formula is C11H22N2O2. The highest BCUT2D eigenvalue weighted by molar-refractivity contribution is 5.69. The lowest BCUT2D eigenvalue weighted by atomic mass is 10.2. The van der Waals surface area contributed by atoms with Crippen LogP contribution in [0.1, 0.15) is 34.1 Å². The maximum absolute atomic E-state index is 11.8. The summed E-state index contributed by atoms with van der Waals surface area (Å²) in [7, 11) is 1.93. The Morgan fingerprint density at radius 3 is 2.47 bits per heavy atom. The number of nitrogens with one attached hydrogen (secondary N) is 1. The molecular weight excluding hydrogens is 192 g/mol. The van der Waals surface area contributed by atoms with Gasteiger partial charge in [0.15, 0.2) is 0 Å². The number of likely N-dealkylation sites (tertiary alicyclic amines) is 1. The van der Waals surface area contributed by atoms with Crippen LogP contribution in [0.25, 0.3) is 0 Å². The highest BCUT2D eigenvalue weighted by Crippen LogP contribution is 2.20. The Bertz CT molecular complexity index is 235. The second kappa shape index (κ2) is 4.39. The number of carbonyl (C=O) groups excluding carboxylic acids is 1. The fourth-order valence-corrected chi connectivity index (χ4v) is 1.82. The summed E-state index contributed by atoms with van der Waals surface area (Å²) in [5.74, 6) is 0. The Kier molecular flexibility index (Phi) is 3.60. The molecule has 0 spiro atoms. The second-order valence-corrected chi connectivity index (χ2v) is 5.20. The van der Waals surface area contributed by atoms with Crippen LogP contribution in [0.5, 0.6) is 0 Å². The minimum atomic E-state index is -0.408. The largest absolute Gasteiger partial charge is 0.444 e. The number of amides is 1. The Labute approximate surface area is 92.0 Å². The van der Waals surface area contributed by atoms with Crippen LogP contribution in [0.2, 0.25) is 0 Å². The molecule has 15 heavy (non-hydrogen) atoms. The molecule has 0 aromatic rings. The standard InChI is InChI=1S/C11H22N2O2/c1-8-6-9(12-5)7-13(8)10(14)15-11(2,3)4/h8-9,12H,6-7H2,1-5H3/t8-,9-/m0/s1. The molecule has 4 heteroatoms. The minimum absolute atomic E-state index is 0.201. The van der Waals surface area contributed by atoms with Gasteiger partial charge < -0.3 is 15.0 Å². The minimum Gasteiger partial charge on any atom is -0.444 e. The van der Waals surface area contributed by atoms with Crippen molar-refractivity contribution in [3.63, 3.8) is 0 Å². The summed E-state index contributed by atoms with van der Waals surface area (Å²) in [6.07, 6.45) is 0.795. The van der Waals surface area contributed by atoms with Crippen molar-refractivity contribution in [1.29, 1.82) is 0 Å². The highest BCUT2D eigenvalue weighted by Gasteiger charge is 2.34. The Morgan fingerprint density at radius 2 is 2.07 bits per heavy atom. The zero-order valence-electron chi connectivity index (χ0n) is 10.3. The highest BCUT2D eigenvalue weighted by atomic mass is 16.6. The molecule has 1 N–H and O–H groups in total. The summed E-state index contributed by atoms with van der Waals surface area (Å²) in [5, 5.41) is 3.19. The number of rotatable bonds is 1. The van der Waals surface area contributed by atoms with Crippen molar-refractivity contribution in [3.8, 4) is 0 Å². The number of ether oxygens (including phenoxy) is 1. The summed E-state index contributed by atoms with van der Waals surface area (Å²) in [6, 6.07) is 0.657. The zero-order valence-corrected chi connectivity index (χ0v) is 10.3. The van der Waals surface area contributed by atoms with E-state index in [0.29, 0.717) is 6.04 Å². The summed E-state index contributed by atoms with van der Waals surface area (Å²) in [6.45, 7) is 8.47. The number of nitrogens with zero attached hydrogens (tertiary/aromatic N) is 1. The van der Waals surface area contributed by atoms with Crippen molar-refractivity contribution in [2.24, 2.45) is 0 Å². The average Bonchev–Trinajstić information content (AvgIpc) is 2.43. The Morgan fingerprint density at radius 1 is 1.47 bits per heavy atom. The van der Waals surface area contributed by atoms with Crippen molar-refractivity contribution in [3.05, 3.63) is 0 Å². The molecule has 2 atom stereocenters. The van der Waals surface area contributed by atoms with Crippen molar-refractivity contribution >= 4 is 6.09 Å². The fourth-order valence-electron chi connectivity index (χ4n) is 1.82. The molecule has 0 aliphatic carbocycles. The van der Waals surface area contributed by atoms with E-state index in [1.165, 1.54) is 0 Å². The van der Waals surface area contributed by atoms with E-state index in [4.69, 9.17) is 4.74 Å². The average molecular weight is 214 g/mol. The Hall–Kier alpha value is -0.770. The fraction of sp³-hybridized carbons (Fsp3) is 0.909. The van der Waals surface area contributed by atoms with Gasteiger partial charge in [0.2, 0.25) is 0 Å². The van der Waals surface area contributed by atoms with E-state index in [2.05, 4.69) is 12.2 Å². The van der Waals surface area contributed by atoms with Crippen LogP contribution < -0.4 is 5.32 Å². The van der Waals surface area contributed by atoms with Crippen molar-refractivity contribution in [1.82, 2.24) is 10.2 Å². The van der Waals surface area contributed by atoms with E-state index in [-0.39, 0.29) is 12.1 Å². The molecule has 1 amide bonds. The maximum atomic E-state index is 11.8. The monoisotopic (exact) mass is 214 g/mol. The molecule has 0 unspecified atom stereocenters. The third-order valence-corrected chi connectivity index (χ3v) is 2.61. The predicted octanol–water partition coefficient (Wildman–Crippen LogP) is 1.60. The summed E-state index contributed by atoms with van der Waals surface area (Å²) in [5.41, 5.74) is -0.408. The smallest absolute Gasteiger partial charge is 0.410 e. The molecule has 88 valence electrons. The van der Waals surface area contributed by atoms with E-state index >= 15 is 0 Å². The van der Waals surface area contributed by atoms with E-state index in [9.17, 15) is 4.79 Å². The molecule has 1 saturated heterocycles. The van der Waals surface area contributed by atoms with Gasteiger partial charge in [-0.1, -0.05) is 0 Å². The van der Waals surface area contributed by atoms with Gasteiger partial charge in [-0.05, 0) is 41.2 Å². The van der Waals surface area contributed by atoms with Crippen LogP contribution in [0.4, 0.5) is 4.79 Å². The van der Waals surface area contributed by atoms with Gasteiger partial charge >= 0.3 is 6.09 Å². The van der Waals surface area contributed by atoms with Gasteiger partial charge in [0, 0.05) is 18.6 Å². The first-order valence-electron chi connectivity index (χ1n) is 5.50. The van der Waals surface area contributed by atoms with E-state index in [1.807, 2.05) is 27.8 Å². The molecule has 1 heterocycles. The van der Waals surface area contributed by atoms with Crippen LogP contribution in [-0.2, 0) is 4.74 Å². The Balaban J connectivity index is 2.54. The predicted molar refractivity (Wildman–Crippen MR) is 59.9 cm³/mol. The van der Waals surface area contributed by atoms with Crippen molar-refractivity contribution in [2.45, 2.75) is 51.8 Å². The molecule has 1 aliphatic rings.